The molecule has 2 aliphatic heterocycles. The van der Waals surface area contributed by atoms with E-state index in [9.17, 15) is 9.59 Å². The van der Waals surface area contributed by atoms with Crippen molar-refractivity contribution >= 4 is 11.8 Å². The molecule has 2 fully saturated rings. The van der Waals surface area contributed by atoms with Crippen molar-refractivity contribution < 1.29 is 9.59 Å². The summed E-state index contributed by atoms with van der Waals surface area (Å²) in [4.78, 5) is 29.8. The van der Waals surface area contributed by atoms with Gasteiger partial charge in [0, 0.05) is 13.0 Å². The zero-order chi connectivity index (χ0) is 23.6. The smallest absolute Gasteiger partial charge is 0.242 e. The van der Waals surface area contributed by atoms with E-state index >= 15 is 0 Å². The number of hydrogen-bond donors (Lipinski definition) is 1. The molecule has 1 spiro atoms. The van der Waals surface area contributed by atoms with Crippen LogP contribution in [0.15, 0.2) is 24.3 Å². The molecular weight excluding hydrogens is 410 g/mol. The molecule has 5 heteroatoms. The van der Waals surface area contributed by atoms with Crippen LogP contribution in [0.3, 0.4) is 0 Å². The normalized spacial score (nSPS) is 24.4. The average molecular weight is 454 g/mol. The van der Waals surface area contributed by atoms with Gasteiger partial charge in [-0.25, -0.2) is 0 Å². The summed E-state index contributed by atoms with van der Waals surface area (Å²) in [6.45, 7) is 13.1. The molecule has 3 aliphatic rings. The second-order valence-electron chi connectivity index (χ2n) is 11.8. The van der Waals surface area contributed by atoms with Crippen molar-refractivity contribution in [1.29, 1.82) is 0 Å². The highest BCUT2D eigenvalue weighted by Gasteiger charge is 2.42. The van der Waals surface area contributed by atoms with Crippen molar-refractivity contribution in [1.82, 2.24) is 15.1 Å². The summed E-state index contributed by atoms with van der Waals surface area (Å²) >= 11 is 0. The van der Waals surface area contributed by atoms with E-state index in [1.54, 1.807) is 4.90 Å². The van der Waals surface area contributed by atoms with Crippen molar-refractivity contribution in [3.8, 4) is 0 Å². The molecule has 182 valence electrons. The lowest BCUT2D eigenvalue weighted by Crippen LogP contribution is -2.51. The fraction of sp³-hybridized carbons (Fsp3) is 0.714. The summed E-state index contributed by atoms with van der Waals surface area (Å²) in [6.07, 6.45) is 8.24. The van der Waals surface area contributed by atoms with Crippen LogP contribution in [0.4, 0.5) is 0 Å². The van der Waals surface area contributed by atoms with E-state index in [0.29, 0.717) is 18.4 Å². The third kappa shape index (κ3) is 5.45. The van der Waals surface area contributed by atoms with Crippen molar-refractivity contribution in [2.24, 2.45) is 5.41 Å². The maximum atomic E-state index is 13.1. The third-order valence-electron chi connectivity index (χ3n) is 8.33. The van der Waals surface area contributed by atoms with Gasteiger partial charge in [-0.3, -0.25) is 9.59 Å². The number of carbonyl (C=O) groups is 2. The lowest BCUT2D eigenvalue weighted by Gasteiger charge is -2.47. The second kappa shape index (κ2) is 9.77. The van der Waals surface area contributed by atoms with Gasteiger partial charge in [-0.1, -0.05) is 45.0 Å². The van der Waals surface area contributed by atoms with E-state index in [1.807, 2.05) is 6.92 Å². The van der Waals surface area contributed by atoms with E-state index < -0.39 is 6.04 Å². The minimum Gasteiger partial charge on any atom is -0.348 e. The van der Waals surface area contributed by atoms with Gasteiger partial charge in [0.1, 0.15) is 6.04 Å². The first-order valence-electron chi connectivity index (χ1n) is 13.1. The van der Waals surface area contributed by atoms with E-state index in [0.717, 1.165) is 38.8 Å². The molecule has 1 aromatic carbocycles. The number of fused-ring (bicyclic) bond motifs is 2. The molecule has 0 aromatic heterocycles. The first kappa shape index (κ1) is 24.3. The molecular formula is C28H43N3O2. The Balaban J connectivity index is 1.43. The minimum absolute atomic E-state index is 0.0157. The number of hydrogen-bond acceptors (Lipinski definition) is 3. The summed E-state index contributed by atoms with van der Waals surface area (Å²) in [5.41, 5.74) is 3.36. The molecule has 5 nitrogen and oxygen atoms in total. The molecule has 2 amide bonds. The van der Waals surface area contributed by atoms with Crippen LogP contribution in [0.1, 0.15) is 96.2 Å². The van der Waals surface area contributed by atoms with Crippen LogP contribution >= 0.6 is 0 Å². The van der Waals surface area contributed by atoms with E-state index in [1.165, 1.54) is 36.9 Å². The Labute approximate surface area is 200 Å². The van der Waals surface area contributed by atoms with Crippen LogP contribution in [0, 0.1) is 5.41 Å². The van der Waals surface area contributed by atoms with Gasteiger partial charge in [0.25, 0.3) is 0 Å². The molecule has 1 N–H and O–H groups in total. The van der Waals surface area contributed by atoms with Gasteiger partial charge in [-0.15, -0.1) is 0 Å². The van der Waals surface area contributed by atoms with Gasteiger partial charge < -0.3 is 15.1 Å². The van der Waals surface area contributed by atoms with Crippen LogP contribution in [0.5, 0.6) is 0 Å². The monoisotopic (exact) mass is 453 g/mol. The Morgan fingerprint density at radius 3 is 2.55 bits per heavy atom. The quantitative estimate of drug-likeness (QED) is 0.696. The molecule has 2 saturated heterocycles. The molecule has 0 radical (unpaired) electrons. The van der Waals surface area contributed by atoms with E-state index in [-0.39, 0.29) is 23.3 Å². The van der Waals surface area contributed by atoms with Gasteiger partial charge in [-0.2, -0.15) is 0 Å². The number of carbonyl (C=O) groups excluding carboxylic acids is 2. The van der Waals surface area contributed by atoms with Gasteiger partial charge in [-0.05, 0) is 93.5 Å². The highest BCUT2D eigenvalue weighted by molar-refractivity contribution is 5.88. The molecule has 0 saturated carbocycles. The Hall–Kier alpha value is -1.88. The zero-order valence-corrected chi connectivity index (χ0v) is 21.2. The molecule has 1 aromatic rings. The Morgan fingerprint density at radius 1 is 1.12 bits per heavy atom. The predicted molar refractivity (Wildman–Crippen MR) is 133 cm³/mol. The van der Waals surface area contributed by atoms with Crippen LogP contribution in [-0.2, 0) is 15.0 Å². The average Bonchev–Trinajstić information content (AvgIpc) is 2.80. The molecule has 2 heterocycles. The predicted octanol–water partition coefficient (Wildman–Crippen LogP) is 4.81. The van der Waals surface area contributed by atoms with Crippen molar-refractivity contribution in [3.05, 3.63) is 35.4 Å². The topological polar surface area (TPSA) is 52.7 Å². The number of nitrogens with one attached hydrogen (secondary N) is 1. The standard InChI is InChI=1S/C28H43N3O2/c1-21(31-17-8-7-11-25(31)32)26(33)29-24-12-13-28(23-10-6-5-9-22(23)24)15-19-30(20-16-28)18-14-27(2,3)4/h5-6,9-10,21,24H,7-8,11-20H2,1-4H3,(H,29,33)/t21-,24-/m1/s1. The Bertz CT molecular complexity index is 851. The fourth-order valence-electron chi connectivity index (χ4n) is 6.03. The largest absolute Gasteiger partial charge is 0.348 e. The molecule has 2 atom stereocenters. The number of likely N-dealkylation sites (tertiary alicyclic amines) is 2. The second-order valence-corrected chi connectivity index (χ2v) is 11.8. The SMILES string of the molecule is C[C@H](C(=O)N[C@@H]1CCC2(CCN(CCC(C)(C)C)CC2)c2ccccc21)N1CCCCC1=O. The fourth-order valence-corrected chi connectivity index (χ4v) is 6.03. The minimum atomic E-state index is -0.396. The van der Waals surface area contributed by atoms with Crippen LogP contribution in [-0.4, -0.2) is 53.8 Å². The van der Waals surface area contributed by atoms with Gasteiger partial charge in [0.15, 0.2) is 0 Å². The summed E-state index contributed by atoms with van der Waals surface area (Å²) in [5, 5.41) is 3.32. The summed E-state index contributed by atoms with van der Waals surface area (Å²) in [5.74, 6) is 0.100. The third-order valence-corrected chi connectivity index (χ3v) is 8.33. The highest BCUT2D eigenvalue weighted by Crippen LogP contribution is 2.48. The lowest BCUT2D eigenvalue weighted by molar-refractivity contribution is -0.142. The highest BCUT2D eigenvalue weighted by atomic mass is 16.2. The van der Waals surface area contributed by atoms with Gasteiger partial charge >= 0.3 is 0 Å². The lowest BCUT2D eigenvalue weighted by atomic mass is 9.63. The maximum Gasteiger partial charge on any atom is 0.242 e. The van der Waals surface area contributed by atoms with Gasteiger partial charge in [0.05, 0.1) is 6.04 Å². The van der Waals surface area contributed by atoms with Crippen molar-refractivity contribution in [2.45, 2.75) is 96.6 Å². The molecule has 1 aliphatic carbocycles. The molecule has 0 unspecified atom stereocenters. The first-order chi connectivity index (χ1) is 15.7. The Morgan fingerprint density at radius 2 is 1.85 bits per heavy atom. The molecule has 4 rings (SSSR count). The summed E-state index contributed by atoms with van der Waals surface area (Å²) < 4.78 is 0. The number of benzene rings is 1. The first-order valence-corrected chi connectivity index (χ1v) is 13.1. The van der Waals surface area contributed by atoms with E-state index in [4.69, 9.17) is 0 Å². The van der Waals surface area contributed by atoms with Gasteiger partial charge in [0.2, 0.25) is 11.8 Å². The van der Waals surface area contributed by atoms with Crippen LogP contribution in [0.2, 0.25) is 0 Å². The zero-order valence-electron chi connectivity index (χ0n) is 21.2. The molecule has 0 bridgehead atoms. The summed E-state index contributed by atoms with van der Waals surface area (Å²) in [7, 11) is 0. The number of piperidine rings is 2. The number of amides is 2. The van der Waals surface area contributed by atoms with Crippen LogP contribution < -0.4 is 5.32 Å². The summed E-state index contributed by atoms with van der Waals surface area (Å²) in [6, 6.07) is 8.42. The number of rotatable bonds is 5. The van der Waals surface area contributed by atoms with Crippen LogP contribution in [0.25, 0.3) is 0 Å². The van der Waals surface area contributed by atoms with E-state index in [2.05, 4.69) is 55.3 Å². The van der Waals surface area contributed by atoms with Crippen molar-refractivity contribution in [3.63, 3.8) is 0 Å². The maximum absolute atomic E-state index is 13.1. The van der Waals surface area contributed by atoms with Crippen molar-refractivity contribution in [2.75, 3.05) is 26.2 Å². The molecule has 33 heavy (non-hydrogen) atoms. The Kier molecular flexibility index (Phi) is 7.18. The number of nitrogens with zero attached hydrogens (tertiary/aromatic N) is 2.